The van der Waals surface area contributed by atoms with Crippen molar-refractivity contribution in [3.8, 4) is 0 Å². The lowest BCUT2D eigenvalue weighted by molar-refractivity contribution is -0.171. The fraction of sp³-hybridized carbons (Fsp3) is 0.700. The minimum Gasteiger partial charge on any atom is -0.481 e. The van der Waals surface area contributed by atoms with Crippen LogP contribution in [0.25, 0.3) is 0 Å². The van der Waals surface area contributed by atoms with Crippen molar-refractivity contribution in [2.75, 3.05) is 13.3 Å². The number of hydrogen-bond acceptors (Lipinski definition) is 9. The van der Waals surface area contributed by atoms with Gasteiger partial charge in [0.2, 0.25) is 12.7 Å². The molecule has 4 N–H and O–H groups in total. The lowest BCUT2D eigenvalue weighted by Gasteiger charge is -2.27. The number of thioether (sulfide) groups is 1. The summed E-state index contributed by atoms with van der Waals surface area (Å²) in [5, 5.41) is 25.1. The van der Waals surface area contributed by atoms with E-state index < -0.39 is 54.1 Å². The molecule has 0 aromatic heterocycles. The number of esters is 2. The highest BCUT2D eigenvalue weighted by molar-refractivity contribution is 8.03. The number of carboxylic acid groups (broad SMARTS) is 1. The monoisotopic (exact) mass is 458 g/mol. The summed E-state index contributed by atoms with van der Waals surface area (Å²) >= 11 is 1.30. The van der Waals surface area contributed by atoms with E-state index in [1.165, 1.54) is 18.7 Å². The molecule has 0 aromatic rings. The summed E-state index contributed by atoms with van der Waals surface area (Å²) in [6, 6.07) is -0.760. The SMILES string of the molecule is C[C@@H](O)[C@@H](C(=O)O)[C@@H]1NC(C(=O)OCOC(=O)C(C)(C)C)=C(S[C@H]2CNC(=O)C2)[C@@H]1C. The quantitative estimate of drug-likeness (QED) is 0.301. The van der Waals surface area contributed by atoms with Crippen molar-refractivity contribution >= 4 is 35.6 Å². The minimum atomic E-state index is -1.20. The van der Waals surface area contributed by atoms with Crippen LogP contribution in [0.15, 0.2) is 10.6 Å². The van der Waals surface area contributed by atoms with E-state index in [4.69, 9.17) is 9.47 Å². The van der Waals surface area contributed by atoms with E-state index in [0.717, 1.165) is 0 Å². The molecular formula is C20H30N2O8S. The molecule has 0 bridgehead atoms. The molecule has 5 atom stereocenters. The Morgan fingerprint density at radius 1 is 1.26 bits per heavy atom. The molecule has 0 radical (unpaired) electrons. The van der Waals surface area contributed by atoms with Gasteiger partial charge in [-0.2, -0.15) is 0 Å². The van der Waals surface area contributed by atoms with Crippen molar-refractivity contribution in [2.45, 2.75) is 58.4 Å². The molecule has 1 amide bonds. The van der Waals surface area contributed by atoms with Crippen molar-refractivity contribution in [3.05, 3.63) is 10.6 Å². The Hall–Kier alpha value is -2.27. The molecule has 1 saturated heterocycles. The van der Waals surface area contributed by atoms with Crippen LogP contribution in [0, 0.1) is 17.3 Å². The smallest absolute Gasteiger partial charge is 0.358 e. The topological polar surface area (TPSA) is 151 Å². The predicted octanol–water partition coefficient (Wildman–Crippen LogP) is 0.599. The molecule has 2 rings (SSSR count). The minimum absolute atomic E-state index is 0.0561. The summed E-state index contributed by atoms with van der Waals surface area (Å²) in [6.07, 6.45) is -0.892. The molecule has 0 saturated carbocycles. The molecule has 31 heavy (non-hydrogen) atoms. The van der Waals surface area contributed by atoms with Gasteiger partial charge < -0.3 is 30.3 Å². The van der Waals surface area contributed by atoms with Crippen LogP contribution in [0.1, 0.15) is 41.0 Å². The van der Waals surface area contributed by atoms with E-state index in [9.17, 15) is 29.4 Å². The molecular weight excluding hydrogens is 428 g/mol. The van der Waals surface area contributed by atoms with E-state index in [-0.39, 0.29) is 23.3 Å². The van der Waals surface area contributed by atoms with Crippen LogP contribution in [0.2, 0.25) is 0 Å². The summed E-state index contributed by atoms with van der Waals surface area (Å²) in [6.45, 7) is 7.97. The van der Waals surface area contributed by atoms with E-state index in [1.54, 1.807) is 27.7 Å². The average Bonchev–Trinajstić information content (AvgIpc) is 3.18. The Bertz CT molecular complexity index is 774. The standard InChI is InChI=1S/C20H30N2O8S/c1-9-14(13(10(2)23)17(25)26)22-15(16(9)31-11-6-12(24)21-7-11)18(27)29-8-30-19(28)20(3,4)5/h9-11,13-14,22-23H,6-8H2,1-5H3,(H,21,24)(H,25,26)/t9-,10-,11-,13-,14-/m1/s1. The average molecular weight is 459 g/mol. The van der Waals surface area contributed by atoms with E-state index >= 15 is 0 Å². The number of amides is 1. The molecule has 2 heterocycles. The summed E-state index contributed by atoms with van der Waals surface area (Å²) in [5.74, 6) is -4.24. The zero-order valence-corrected chi connectivity index (χ0v) is 19.1. The van der Waals surface area contributed by atoms with Crippen molar-refractivity contribution in [2.24, 2.45) is 17.3 Å². The fourth-order valence-electron chi connectivity index (χ4n) is 3.41. The molecule has 11 heteroatoms. The van der Waals surface area contributed by atoms with Gasteiger partial charge in [0, 0.05) is 35.1 Å². The molecule has 0 aromatic carbocycles. The van der Waals surface area contributed by atoms with Crippen LogP contribution in [-0.2, 0) is 28.7 Å². The van der Waals surface area contributed by atoms with Crippen LogP contribution < -0.4 is 10.6 Å². The van der Waals surface area contributed by atoms with Crippen molar-refractivity contribution in [3.63, 3.8) is 0 Å². The first kappa shape index (κ1) is 25.0. The Balaban J connectivity index is 2.19. The van der Waals surface area contributed by atoms with Gasteiger partial charge in [0.05, 0.1) is 11.5 Å². The number of aliphatic hydroxyl groups excluding tert-OH is 1. The van der Waals surface area contributed by atoms with E-state index in [0.29, 0.717) is 11.4 Å². The lowest BCUT2D eigenvalue weighted by Crippen LogP contribution is -2.46. The Kier molecular flexibility index (Phi) is 7.98. The van der Waals surface area contributed by atoms with E-state index in [1.807, 2.05) is 0 Å². The first-order valence-electron chi connectivity index (χ1n) is 10.0. The van der Waals surface area contributed by atoms with Gasteiger partial charge in [0.25, 0.3) is 0 Å². The molecule has 2 aliphatic heterocycles. The first-order chi connectivity index (χ1) is 14.3. The highest BCUT2D eigenvalue weighted by Gasteiger charge is 2.45. The van der Waals surface area contributed by atoms with E-state index in [2.05, 4.69) is 10.6 Å². The van der Waals surface area contributed by atoms with Gasteiger partial charge in [0.1, 0.15) is 11.6 Å². The largest absolute Gasteiger partial charge is 0.481 e. The van der Waals surface area contributed by atoms with Crippen molar-refractivity contribution < 1.29 is 38.9 Å². The molecule has 0 unspecified atom stereocenters. The van der Waals surface area contributed by atoms with Crippen LogP contribution in [0.5, 0.6) is 0 Å². The third-order valence-electron chi connectivity index (χ3n) is 5.13. The van der Waals surface area contributed by atoms with Crippen LogP contribution in [-0.4, -0.2) is 64.8 Å². The maximum Gasteiger partial charge on any atom is 0.358 e. The molecule has 174 valence electrons. The van der Waals surface area contributed by atoms with Gasteiger partial charge in [-0.25, -0.2) is 4.79 Å². The first-order valence-corrected chi connectivity index (χ1v) is 10.9. The molecule has 2 aliphatic rings. The number of carbonyl (C=O) groups excluding carboxylic acids is 3. The fourth-order valence-corrected chi connectivity index (χ4v) is 4.79. The third-order valence-corrected chi connectivity index (χ3v) is 6.63. The van der Waals surface area contributed by atoms with Gasteiger partial charge in [-0.05, 0) is 27.7 Å². The molecule has 0 aliphatic carbocycles. The van der Waals surface area contributed by atoms with Gasteiger partial charge in [-0.15, -0.1) is 11.8 Å². The highest BCUT2D eigenvalue weighted by atomic mass is 32.2. The number of aliphatic hydroxyl groups is 1. The second-order valence-electron chi connectivity index (χ2n) is 8.78. The second kappa shape index (κ2) is 9.90. The number of carbonyl (C=O) groups is 4. The Morgan fingerprint density at radius 3 is 2.39 bits per heavy atom. The molecule has 10 nitrogen and oxygen atoms in total. The zero-order valence-electron chi connectivity index (χ0n) is 18.3. The second-order valence-corrected chi connectivity index (χ2v) is 10.1. The zero-order chi connectivity index (χ0) is 23.5. The number of hydrogen-bond donors (Lipinski definition) is 4. The van der Waals surface area contributed by atoms with Gasteiger partial charge in [-0.1, -0.05) is 6.92 Å². The lowest BCUT2D eigenvalue weighted by atomic mass is 9.87. The number of rotatable bonds is 8. The van der Waals surface area contributed by atoms with Gasteiger partial charge in [-0.3, -0.25) is 14.4 Å². The predicted molar refractivity (Wildman–Crippen MR) is 111 cm³/mol. The maximum absolute atomic E-state index is 12.7. The number of aliphatic carboxylic acids is 1. The summed E-state index contributed by atoms with van der Waals surface area (Å²) in [5.41, 5.74) is -0.702. The van der Waals surface area contributed by atoms with Crippen molar-refractivity contribution in [1.82, 2.24) is 10.6 Å². The summed E-state index contributed by atoms with van der Waals surface area (Å²) < 4.78 is 10.1. The normalized spacial score (nSPS) is 25.5. The maximum atomic E-state index is 12.7. The summed E-state index contributed by atoms with van der Waals surface area (Å²) in [7, 11) is 0. The number of ether oxygens (including phenoxy) is 2. The number of nitrogens with one attached hydrogen (secondary N) is 2. The van der Waals surface area contributed by atoms with Crippen LogP contribution in [0.4, 0.5) is 0 Å². The van der Waals surface area contributed by atoms with Crippen molar-refractivity contribution in [1.29, 1.82) is 0 Å². The van der Waals surface area contributed by atoms with Crippen LogP contribution >= 0.6 is 11.8 Å². The highest BCUT2D eigenvalue weighted by Crippen LogP contribution is 2.41. The van der Waals surface area contributed by atoms with Gasteiger partial charge >= 0.3 is 17.9 Å². The third kappa shape index (κ3) is 6.13. The number of carboxylic acids is 1. The van der Waals surface area contributed by atoms with Crippen LogP contribution in [0.3, 0.4) is 0 Å². The molecule has 0 spiro atoms. The molecule has 1 fully saturated rings. The Labute approximate surface area is 185 Å². The summed E-state index contributed by atoms with van der Waals surface area (Å²) in [4.78, 5) is 48.4. The van der Waals surface area contributed by atoms with Gasteiger partial charge in [0.15, 0.2) is 0 Å². The Morgan fingerprint density at radius 2 is 1.90 bits per heavy atom.